The van der Waals surface area contributed by atoms with Crippen LogP contribution in [0.5, 0.6) is 0 Å². The molecule has 0 aromatic carbocycles. The van der Waals surface area contributed by atoms with Crippen LogP contribution >= 0.6 is 0 Å². The third-order valence-corrected chi connectivity index (χ3v) is 0. The average molecular weight is 516 g/mol. The largest absolute Gasteiger partial charge is 0.412 e. The summed E-state index contributed by atoms with van der Waals surface area (Å²) in [6.45, 7) is 0. The standard InChI is InChI=1S/25H2O.Zn/h25*1H2;. The van der Waals surface area contributed by atoms with E-state index in [-0.39, 0.29) is 156 Å². The van der Waals surface area contributed by atoms with Crippen LogP contribution in [0.3, 0.4) is 0 Å². The molecule has 26 heavy (non-hydrogen) atoms. The maximum Gasteiger partial charge on any atom is 0 e. The van der Waals surface area contributed by atoms with Crippen LogP contribution in [-0.4, -0.2) is 137 Å². The summed E-state index contributed by atoms with van der Waals surface area (Å²) in [6.07, 6.45) is 0. The van der Waals surface area contributed by atoms with E-state index in [1.54, 1.807) is 0 Å². The summed E-state index contributed by atoms with van der Waals surface area (Å²) in [5, 5.41) is 0. The van der Waals surface area contributed by atoms with Crippen molar-refractivity contribution in [3.63, 3.8) is 0 Å². The number of rotatable bonds is 0. The molecule has 0 aromatic rings. The fourth-order valence-electron chi connectivity index (χ4n) is 0. The van der Waals surface area contributed by atoms with E-state index >= 15 is 0 Å². The molecule has 0 spiro atoms. The molecule has 0 atom stereocenters. The summed E-state index contributed by atoms with van der Waals surface area (Å²) in [5.41, 5.74) is 0. The normalized spacial score (nSPS) is 0. The first-order chi connectivity index (χ1) is 0. The molecule has 0 saturated carbocycles. The molecule has 0 aliphatic rings. The smallest absolute Gasteiger partial charge is 0 e. The number of hydrogen-bond donors (Lipinski definition) is 0. The Morgan fingerprint density at radius 2 is 0.0769 bits per heavy atom. The van der Waals surface area contributed by atoms with Crippen LogP contribution in [0.2, 0.25) is 0 Å². The van der Waals surface area contributed by atoms with Gasteiger partial charge in [0.25, 0.3) is 0 Å². The molecule has 0 unspecified atom stereocenters. The van der Waals surface area contributed by atoms with Crippen LogP contribution in [0.25, 0.3) is 0 Å². The molecule has 0 aromatic heterocycles. The Morgan fingerprint density at radius 3 is 0.0769 bits per heavy atom. The Hall–Kier alpha value is -0.377. The molecule has 202 valence electrons. The van der Waals surface area contributed by atoms with Crippen LogP contribution in [-0.2, 0) is 19.5 Å². The van der Waals surface area contributed by atoms with Crippen molar-refractivity contribution in [2.45, 2.75) is 0 Å². The molecule has 0 saturated heterocycles. The zero-order chi connectivity index (χ0) is 0. The van der Waals surface area contributed by atoms with Gasteiger partial charge in [-0.2, -0.15) is 0 Å². The van der Waals surface area contributed by atoms with Crippen molar-refractivity contribution in [3.05, 3.63) is 0 Å². The fraction of sp³-hybridized carbons (Fsp3) is 0. The van der Waals surface area contributed by atoms with Crippen LogP contribution in [0.4, 0.5) is 0 Å². The van der Waals surface area contributed by atoms with Gasteiger partial charge in [-0.15, -0.1) is 0 Å². The Kier molecular flexibility index (Phi) is 408000000. The second-order valence-electron chi connectivity index (χ2n) is 0. The molecule has 0 rings (SSSR count). The summed E-state index contributed by atoms with van der Waals surface area (Å²) < 4.78 is 0. The average Bonchev–Trinajstić information content (AvgIpc) is 0. The van der Waals surface area contributed by atoms with Gasteiger partial charge < -0.3 is 137 Å². The zero-order valence-corrected chi connectivity index (χ0v) is 16.2. The van der Waals surface area contributed by atoms with Gasteiger partial charge in [0, 0.05) is 19.5 Å². The molecule has 0 bridgehead atoms. The monoisotopic (exact) mass is 514 g/mol. The maximum absolute atomic E-state index is 0. The van der Waals surface area contributed by atoms with Gasteiger partial charge in [-0.1, -0.05) is 0 Å². The van der Waals surface area contributed by atoms with Gasteiger partial charge in [0.2, 0.25) is 0 Å². The number of hydrogen-bond acceptors (Lipinski definition) is 0. The van der Waals surface area contributed by atoms with Gasteiger partial charge >= 0.3 is 0 Å². The van der Waals surface area contributed by atoms with Crippen molar-refractivity contribution in [1.82, 2.24) is 0 Å². The molecule has 26 heteroatoms. The van der Waals surface area contributed by atoms with E-state index in [0.29, 0.717) is 0 Å². The maximum atomic E-state index is 0. The minimum Gasteiger partial charge on any atom is -0.412 e. The molecule has 0 fully saturated rings. The van der Waals surface area contributed by atoms with Crippen LogP contribution in [0.15, 0.2) is 0 Å². The molecule has 0 aliphatic heterocycles. The Bertz CT molecular complexity index is 6.12. The van der Waals surface area contributed by atoms with Crippen molar-refractivity contribution in [1.29, 1.82) is 0 Å². The van der Waals surface area contributed by atoms with Crippen molar-refractivity contribution in [2.75, 3.05) is 0 Å². The molecule has 25 nitrogen and oxygen atoms in total. The summed E-state index contributed by atoms with van der Waals surface area (Å²) in [7, 11) is 0. The van der Waals surface area contributed by atoms with E-state index in [9.17, 15) is 0 Å². The van der Waals surface area contributed by atoms with E-state index in [4.69, 9.17) is 0 Å². The fourth-order valence-corrected chi connectivity index (χ4v) is 0. The van der Waals surface area contributed by atoms with E-state index in [1.165, 1.54) is 0 Å². The third kappa shape index (κ3) is 85200. The summed E-state index contributed by atoms with van der Waals surface area (Å²) in [6, 6.07) is 0. The Labute approximate surface area is 157 Å². The zero-order valence-electron chi connectivity index (χ0n) is 13.2. The predicted octanol–water partition coefficient (Wildman–Crippen LogP) is -20.6. The van der Waals surface area contributed by atoms with E-state index in [0.717, 1.165) is 0 Å². The molecule has 50 N–H and O–H groups in total. The van der Waals surface area contributed by atoms with Gasteiger partial charge in [-0.3, -0.25) is 0 Å². The molecule has 0 heterocycles. The molecular weight excluding hydrogens is 465 g/mol. The Morgan fingerprint density at radius 1 is 0.0769 bits per heavy atom. The molecule has 0 aliphatic carbocycles. The van der Waals surface area contributed by atoms with Gasteiger partial charge in [0.1, 0.15) is 0 Å². The SMILES string of the molecule is O.O.O.O.O.O.O.O.O.O.O.O.O.O.O.O.O.O.O.O.O.O.O.O.O.[Zn]. The summed E-state index contributed by atoms with van der Waals surface area (Å²) >= 11 is 0. The van der Waals surface area contributed by atoms with Crippen LogP contribution < -0.4 is 0 Å². The van der Waals surface area contributed by atoms with Crippen molar-refractivity contribution in [3.8, 4) is 0 Å². The molecule has 0 amide bonds. The van der Waals surface area contributed by atoms with Crippen molar-refractivity contribution in [2.24, 2.45) is 0 Å². The quantitative estimate of drug-likeness (QED) is 0.271. The Balaban J connectivity index is 0. The van der Waals surface area contributed by atoms with E-state index in [2.05, 4.69) is 0 Å². The van der Waals surface area contributed by atoms with Gasteiger partial charge in [0.15, 0.2) is 0 Å². The minimum absolute atomic E-state index is 0. The van der Waals surface area contributed by atoms with Gasteiger partial charge in [-0.25, -0.2) is 0 Å². The first-order valence-corrected chi connectivity index (χ1v) is 0. The second-order valence-corrected chi connectivity index (χ2v) is 0. The first-order valence-electron chi connectivity index (χ1n) is 0. The van der Waals surface area contributed by atoms with E-state index < -0.39 is 0 Å². The van der Waals surface area contributed by atoms with E-state index in [1.807, 2.05) is 0 Å². The molecule has 0 radical (unpaired) electrons. The topological polar surface area (TPSA) is 788 Å². The van der Waals surface area contributed by atoms with Crippen LogP contribution in [0.1, 0.15) is 0 Å². The predicted molar refractivity (Wildman–Crippen MR) is 90.3 cm³/mol. The summed E-state index contributed by atoms with van der Waals surface area (Å²) in [4.78, 5) is 0. The first kappa shape index (κ1) is 110000. The van der Waals surface area contributed by atoms with Crippen LogP contribution in [0, 0.1) is 0 Å². The van der Waals surface area contributed by atoms with Gasteiger partial charge in [0.05, 0.1) is 0 Å². The summed E-state index contributed by atoms with van der Waals surface area (Å²) in [5.74, 6) is 0. The van der Waals surface area contributed by atoms with Crippen molar-refractivity contribution >= 4 is 0 Å². The second kappa shape index (κ2) is 96900. The van der Waals surface area contributed by atoms with Gasteiger partial charge in [-0.05, 0) is 0 Å². The minimum atomic E-state index is 0. The molecular formula is H50O25Zn. The third-order valence-electron chi connectivity index (χ3n) is 0. The van der Waals surface area contributed by atoms with Crippen molar-refractivity contribution < 1.29 is 156 Å².